The van der Waals surface area contributed by atoms with Gasteiger partial charge in [0, 0.05) is 17.8 Å². The van der Waals surface area contributed by atoms with Crippen LogP contribution in [0.4, 0.5) is 21.5 Å². The molecule has 0 heterocycles. The minimum atomic E-state index is -0.485. The largest absolute Gasteiger partial charge is 0.496 e. The van der Waals surface area contributed by atoms with Gasteiger partial charge in [0.1, 0.15) is 5.75 Å². The van der Waals surface area contributed by atoms with Crippen LogP contribution in [0.15, 0.2) is 30.3 Å². The SMILES string of the molecule is COc1ccc(Nc2cc(OC)c(F)cc2N)cc1C. The number of benzene rings is 2. The molecule has 106 valence electrons. The first-order chi connectivity index (χ1) is 9.55. The molecule has 0 radical (unpaired) electrons. The fourth-order valence-corrected chi connectivity index (χ4v) is 1.95. The van der Waals surface area contributed by atoms with E-state index in [0.717, 1.165) is 17.0 Å². The van der Waals surface area contributed by atoms with Crippen LogP contribution in [-0.4, -0.2) is 14.2 Å². The summed E-state index contributed by atoms with van der Waals surface area (Å²) < 4.78 is 23.6. The molecule has 2 rings (SSSR count). The Hall–Kier alpha value is -2.43. The Bertz CT molecular complexity index is 630. The number of aryl methyl sites for hydroxylation is 1. The maximum atomic E-state index is 13.5. The monoisotopic (exact) mass is 276 g/mol. The van der Waals surface area contributed by atoms with Crippen molar-refractivity contribution in [2.75, 3.05) is 25.3 Å². The van der Waals surface area contributed by atoms with Gasteiger partial charge in [0.15, 0.2) is 11.6 Å². The second-order valence-electron chi connectivity index (χ2n) is 4.38. The molecule has 0 amide bonds. The maximum Gasteiger partial charge on any atom is 0.167 e. The third-order valence-corrected chi connectivity index (χ3v) is 3.00. The summed E-state index contributed by atoms with van der Waals surface area (Å²) in [7, 11) is 3.04. The molecule has 0 fully saturated rings. The lowest BCUT2D eigenvalue weighted by Crippen LogP contribution is -1.99. The van der Waals surface area contributed by atoms with Gasteiger partial charge in [-0.3, -0.25) is 0 Å². The molecule has 3 N–H and O–H groups in total. The summed E-state index contributed by atoms with van der Waals surface area (Å²) in [5.74, 6) is 0.466. The molecule has 0 aromatic heterocycles. The molecular weight excluding hydrogens is 259 g/mol. The number of nitrogens with two attached hydrogens (primary N) is 1. The second-order valence-corrected chi connectivity index (χ2v) is 4.38. The van der Waals surface area contributed by atoms with E-state index >= 15 is 0 Å². The van der Waals surface area contributed by atoms with Crippen molar-refractivity contribution in [2.24, 2.45) is 0 Å². The van der Waals surface area contributed by atoms with E-state index in [1.54, 1.807) is 7.11 Å². The van der Waals surface area contributed by atoms with Crippen LogP contribution in [-0.2, 0) is 0 Å². The first kappa shape index (κ1) is 14.0. The van der Waals surface area contributed by atoms with Crippen molar-refractivity contribution in [1.29, 1.82) is 0 Å². The van der Waals surface area contributed by atoms with Crippen molar-refractivity contribution in [3.63, 3.8) is 0 Å². The van der Waals surface area contributed by atoms with E-state index in [0.29, 0.717) is 11.4 Å². The average Bonchev–Trinajstić information content (AvgIpc) is 2.42. The highest BCUT2D eigenvalue weighted by Gasteiger charge is 2.09. The highest BCUT2D eigenvalue weighted by atomic mass is 19.1. The van der Waals surface area contributed by atoms with E-state index in [1.165, 1.54) is 19.2 Å². The molecule has 4 nitrogen and oxygen atoms in total. The lowest BCUT2D eigenvalue weighted by atomic mass is 10.2. The van der Waals surface area contributed by atoms with Crippen molar-refractivity contribution in [3.05, 3.63) is 41.7 Å². The number of anilines is 3. The van der Waals surface area contributed by atoms with E-state index in [2.05, 4.69) is 5.32 Å². The molecule has 0 spiro atoms. The number of nitrogens with one attached hydrogen (secondary N) is 1. The quantitative estimate of drug-likeness (QED) is 0.839. The summed E-state index contributed by atoms with van der Waals surface area (Å²) in [6.45, 7) is 1.94. The molecule has 2 aromatic carbocycles. The number of hydrogen-bond acceptors (Lipinski definition) is 4. The molecule has 0 aliphatic heterocycles. The summed E-state index contributed by atoms with van der Waals surface area (Å²) in [6, 6.07) is 8.41. The topological polar surface area (TPSA) is 56.5 Å². The molecule has 0 aliphatic carbocycles. The van der Waals surface area contributed by atoms with E-state index in [-0.39, 0.29) is 5.75 Å². The predicted octanol–water partition coefficient (Wildman–Crippen LogP) is 3.48. The number of nitrogen functional groups attached to an aromatic ring is 1. The van der Waals surface area contributed by atoms with E-state index in [9.17, 15) is 4.39 Å². The van der Waals surface area contributed by atoms with Crippen LogP contribution in [0.25, 0.3) is 0 Å². The zero-order valence-corrected chi connectivity index (χ0v) is 11.7. The highest BCUT2D eigenvalue weighted by molar-refractivity contribution is 5.74. The Kier molecular flexibility index (Phi) is 3.98. The molecule has 0 aliphatic rings. The van der Waals surface area contributed by atoms with Crippen molar-refractivity contribution in [3.8, 4) is 11.5 Å². The summed E-state index contributed by atoms with van der Waals surface area (Å²) >= 11 is 0. The maximum absolute atomic E-state index is 13.5. The summed E-state index contributed by atoms with van der Waals surface area (Å²) in [5.41, 5.74) is 8.54. The summed E-state index contributed by atoms with van der Waals surface area (Å²) in [6.07, 6.45) is 0. The fourth-order valence-electron chi connectivity index (χ4n) is 1.95. The van der Waals surface area contributed by atoms with Gasteiger partial charge < -0.3 is 20.5 Å². The third kappa shape index (κ3) is 2.77. The van der Waals surface area contributed by atoms with E-state index < -0.39 is 5.82 Å². The van der Waals surface area contributed by atoms with E-state index in [4.69, 9.17) is 15.2 Å². The van der Waals surface area contributed by atoms with E-state index in [1.807, 2.05) is 25.1 Å². The molecule has 20 heavy (non-hydrogen) atoms. The van der Waals surface area contributed by atoms with Gasteiger partial charge in [-0.1, -0.05) is 0 Å². The number of rotatable bonds is 4. The lowest BCUT2D eigenvalue weighted by Gasteiger charge is -2.13. The number of hydrogen-bond donors (Lipinski definition) is 2. The minimum Gasteiger partial charge on any atom is -0.496 e. The van der Waals surface area contributed by atoms with Crippen molar-refractivity contribution < 1.29 is 13.9 Å². The van der Waals surface area contributed by atoms with Crippen LogP contribution >= 0.6 is 0 Å². The Morgan fingerprint density at radius 2 is 1.75 bits per heavy atom. The van der Waals surface area contributed by atoms with Gasteiger partial charge in [-0.25, -0.2) is 4.39 Å². The van der Waals surface area contributed by atoms with Gasteiger partial charge in [0.05, 0.1) is 25.6 Å². The van der Waals surface area contributed by atoms with Gasteiger partial charge in [-0.05, 0) is 30.7 Å². The van der Waals surface area contributed by atoms with Gasteiger partial charge >= 0.3 is 0 Å². The molecule has 5 heteroatoms. The van der Waals surface area contributed by atoms with Crippen molar-refractivity contribution in [2.45, 2.75) is 6.92 Å². The van der Waals surface area contributed by atoms with Crippen LogP contribution in [0.1, 0.15) is 5.56 Å². The van der Waals surface area contributed by atoms with Gasteiger partial charge in [-0.15, -0.1) is 0 Å². The van der Waals surface area contributed by atoms with Gasteiger partial charge in [0.2, 0.25) is 0 Å². The zero-order valence-electron chi connectivity index (χ0n) is 11.7. The number of methoxy groups -OCH3 is 2. The lowest BCUT2D eigenvalue weighted by molar-refractivity contribution is 0.387. The molecular formula is C15H17FN2O2. The average molecular weight is 276 g/mol. The highest BCUT2D eigenvalue weighted by Crippen LogP contribution is 2.31. The predicted molar refractivity (Wildman–Crippen MR) is 78.4 cm³/mol. The Balaban J connectivity index is 2.32. The molecule has 0 saturated carbocycles. The Morgan fingerprint density at radius 3 is 2.35 bits per heavy atom. The molecule has 0 atom stereocenters. The van der Waals surface area contributed by atoms with Crippen LogP contribution in [0, 0.1) is 12.7 Å². The smallest absolute Gasteiger partial charge is 0.167 e. The van der Waals surface area contributed by atoms with Gasteiger partial charge in [0.25, 0.3) is 0 Å². The number of ether oxygens (including phenoxy) is 2. The van der Waals surface area contributed by atoms with Crippen LogP contribution < -0.4 is 20.5 Å². The molecule has 0 unspecified atom stereocenters. The normalized spacial score (nSPS) is 10.2. The first-order valence-electron chi connectivity index (χ1n) is 6.10. The minimum absolute atomic E-state index is 0.145. The number of halogens is 1. The summed E-state index contributed by atoms with van der Waals surface area (Å²) in [5, 5.41) is 3.14. The standard InChI is InChI=1S/C15H17FN2O2/c1-9-6-10(4-5-14(9)19-2)18-13-8-15(20-3)11(16)7-12(13)17/h4-8,18H,17H2,1-3H3. The van der Waals surface area contributed by atoms with Crippen LogP contribution in [0.5, 0.6) is 11.5 Å². The first-order valence-corrected chi connectivity index (χ1v) is 6.10. The Labute approximate surface area is 117 Å². The van der Waals surface area contributed by atoms with Gasteiger partial charge in [-0.2, -0.15) is 0 Å². The van der Waals surface area contributed by atoms with Crippen LogP contribution in [0.3, 0.4) is 0 Å². The summed E-state index contributed by atoms with van der Waals surface area (Å²) in [4.78, 5) is 0. The molecule has 0 bridgehead atoms. The molecule has 2 aromatic rings. The molecule has 0 saturated heterocycles. The van der Waals surface area contributed by atoms with Crippen molar-refractivity contribution >= 4 is 17.1 Å². The second kappa shape index (κ2) is 5.69. The van der Waals surface area contributed by atoms with Crippen molar-refractivity contribution in [1.82, 2.24) is 0 Å². The van der Waals surface area contributed by atoms with Crippen LogP contribution in [0.2, 0.25) is 0 Å². The fraction of sp³-hybridized carbons (Fsp3) is 0.200. The Morgan fingerprint density at radius 1 is 1.05 bits per heavy atom. The third-order valence-electron chi connectivity index (χ3n) is 3.00. The zero-order chi connectivity index (χ0) is 14.7.